The standard InChI is InChI=1S/C19H19N5O/c1-13-11-17(24-18(21-13)15-7-6-10-20-12-15)22-14(2)19(25)23-16-8-4-3-5-9-16/h3-12,14H,1-2H3,(H,23,25)(H,21,22,24). The first-order chi connectivity index (χ1) is 12.1. The third-order valence-electron chi connectivity index (χ3n) is 3.57. The molecule has 6 heteroatoms. The van der Waals surface area contributed by atoms with Crippen LogP contribution >= 0.6 is 0 Å². The highest BCUT2D eigenvalue weighted by molar-refractivity contribution is 5.96. The van der Waals surface area contributed by atoms with Crippen LogP contribution in [0.25, 0.3) is 11.4 Å². The number of nitrogens with one attached hydrogen (secondary N) is 2. The summed E-state index contributed by atoms with van der Waals surface area (Å²) in [5.41, 5.74) is 2.40. The zero-order chi connectivity index (χ0) is 17.6. The fourth-order valence-electron chi connectivity index (χ4n) is 2.33. The van der Waals surface area contributed by atoms with Crippen molar-refractivity contribution < 1.29 is 4.79 Å². The molecule has 0 bridgehead atoms. The molecule has 0 saturated heterocycles. The third kappa shape index (κ3) is 4.38. The number of hydrogen-bond acceptors (Lipinski definition) is 5. The van der Waals surface area contributed by atoms with E-state index in [-0.39, 0.29) is 5.91 Å². The average Bonchev–Trinajstić information content (AvgIpc) is 2.63. The molecule has 2 aromatic heterocycles. The number of carbonyl (C=O) groups is 1. The molecule has 1 unspecified atom stereocenters. The molecule has 3 aromatic rings. The molecule has 0 radical (unpaired) electrons. The van der Waals surface area contributed by atoms with Gasteiger partial charge in [-0.3, -0.25) is 9.78 Å². The monoisotopic (exact) mass is 333 g/mol. The van der Waals surface area contributed by atoms with Crippen molar-refractivity contribution in [2.24, 2.45) is 0 Å². The van der Waals surface area contributed by atoms with Gasteiger partial charge in [0.15, 0.2) is 5.82 Å². The van der Waals surface area contributed by atoms with Crippen molar-refractivity contribution in [1.29, 1.82) is 0 Å². The Morgan fingerprint density at radius 1 is 1.08 bits per heavy atom. The molecule has 0 saturated carbocycles. The Bertz CT molecular complexity index is 852. The number of nitrogens with zero attached hydrogens (tertiary/aromatic N) is 3. The van der Waals surface area contributed by atoms with Crippen molar-refractivity contribution in [2.75, 3.05) is 10.6 Å². The first kappa shape index (κ1) is 16.6. The lowest BCUT2D eigenvalue weighted by atomic mass is 10.2. The molecule has 2 N–H and O–H groups in total. The van der Waals surface area contributed by atoms with Gasteiger partial charge < -0.3 is 10.6 Å². The van der Waals surface area contributed by atoms with Crippen LogP contribution in [0, 0.1) is 6.92 Å². The van der Waals surface area contributed by atoms with Crippen LogP contribution in [-0.4, -0.2) is 26.9 Å². The molecule has 0 spiro atoms. The number of aromatic nitrogens is 3. The highest BCUT2D eigenvalue weighted by Crippen LogP contribution is 2.17. The van der Waals surface area contributed by atoms with Crippen molar-refractivity contribution >= 4 is 17.4 Å². The van der Waals surface area contributed by atoms with Crippen LogP contribution in [0.5, 0.6) is 0 Å². The molecule has 3 rings (SSSR count). The highest BCUT2D eigenvalue weighted by atomic mass is 16.2. The van der Waals surface area contributed by atoms with Gasteiger partial charge in [0.1, 0.15) is 11.9 Å². The molecule has 25 heavy (non-hydrogen) atoms. The summed E-state index contributed by atoms with van der Waals surface area (Å²) >= 11 is 0. The average molecular weight is 333 g/mol. The molecule has 126 valence electrons. The lowest BCUT2D eigenvalue weighted by Gasteiger charge is -2.15. The van der Waals surface area contributed by atoms with E-state index in [1.54, 1.807) is 19.3 Å². The highest BCUT2D eigenvalue weighted by Gasteiger charge is 2.14. The number of benzene rings is 1. The van der Waals surface area contributed by atoms with Crippen LogP contribution in [0.2, 0.25) is 0 Å². The number of pyridine rings is 1. The molecule has 1 atom stereocenters. The zero-order valence-corrected chi connectivity index (χ0v) is 14.1. The number of hydrogen-bond donors (Lipinski definition) is 2. The molecule has 0 fully saturated rings. The smallest absolute Gasteiger partial charge is 0.246 e. The summed E-state index contributed by atoms with van der Waals surface area (Å²) in [4.78, 5) is 25.3. The SMILES string of the molecule is Cc1cc(NC(C)C(=O)Nc2ccccc2)nc(-c2cccnc2)n1. The van der Waals surface area contributed by atoms with Crippen molar-refractivity contribution in [3.05, 3.63) is 66.6 Å². The van der Waals surface area contributed by atoms with Gasteiger partial charge in [-0.1, -0.05) is 18.2 Å². The van der Waals surface area contributed by atoms with E-state index in [1.807, 2.05) is 55.5 Å². The van der Waals surface area contributed by atoms with Crippen molar-refractivity contribution in [3.8, 4) is 11.4 Å². The predicted molar refractivity (Wildman–Crippen MR) is 98.2 cm³/mol. The number of rotatable bonds is 5. The molecule has 2 heterocycles. The van der Waals surface area contributed by atoms with Gasteiger partial charge in [0, 0.05) is 35.4 Å². The van der Waals surface area contributed by atoms with Crippen LogP contribution in [0.4, 0.5) is 11.5 Å². The van der Waals surface area contributed by atoms with Gasteiger partial charge in [0.25, 0.3) is 0 Å². The Labute approximate surface area is 146 Å². The number of anilines is 2. The van der Waals surface area contributed by atoms with E-state index in [1.165, 1.54) is 0 Å². The Morgan fingerprint density at radius 3 is 2.60 bits per heavy atom. The lowest BCUT2D eigenvalue weighted by Crippen LogP contribution is -2.32. The Balaban J connectivity index is 1.74. The van der Waals surface area contributed by atoms with Gasteiger partial charge in [-0.15, -0.1) is 0 Å². The molecule has 0 aliphatic heterocycles. The summed E-state index contributed by atoms with van der Waals surface area (Å²) < 4.78 is 0. The van der Waals surface area contributed by atoms with E-state index in [9.17, 15) is 4.79 Å². The van der Waals surface area contributed by atoms with Gasteiger partial charge in [0.2, 0.25) is 5.91 Å². The van der Waals surface area contributed by atoms with Gasteiger partial charge in [0.05, 0.1) is 0 Å². The number of aryl methyl sites for hydroxylation is 1. The topological polar surface area (TPSA) is 79.8 Å². The van der Waals surface area contributed by atoms with Gasteiger partial charge in [-0.2, -0.15) is 0 Å². The van der Waals surface area contributed by atoms with E-state index in [4.69, 9.17) is 0 Å². The Kier molecular flexibility index (Phi) is 4.99. The van der Waals surface area contributed by atoms with Crippen LogP contribution in [0.15, 0.2) is 60.9 Å². The van der Waals surface area contributed by atoms with Crippen molar-refractivity contribution in [1.82, 2.24) is 15.0 Å². The normalized spacial score (nSPS) is 11.6. The van der Waals surface area contributed by atoms with E-state index in [0.29, 0.717) is 11.6 Å². The molecule has 6 nitrogen and oxygen atoms in total. The first-order valence-electron chi connectivity index (χ1n) is 8.00. The van der Waals surface area contributed by atoms with Gasteiger partial charge in [-0.25, -0.2) is 9.97 Å². The van der Waals surface area contributed by atoms with Gasteiger partial charge >= 0.3 is 0 Å². The van der Waals surface area contributed by atoms with Crippen molar-refractivity contribution in [2.45, 2.75) is 19.9 Å². The zero-order valence-electron chi connectivity index (χ0n) is 14.1. The molecular weight excluding hydrogens is 314 g/mol. The number of para-hydroxylation sites is 1. The summed E-state index contributed by atoms with van der Waals surface area (Å²) in [5, 5.41) is 6.00. The largest absolute Gasteiger partial charge is 0.358 e. The van der Waals surface area contributed by atoms with Crippen LogP contribution in [0.1, 0.15) is 12.6 Å². The second kappa shape index (κ2) is 7.53. The van der Waals surface area contributed by atoms with Crippen LogP contribution in [0.3, 0.4) is 0 Å². The quantitative estimate of drug-likeness (QED) is 0.749. The maximum atomic E-state index is 12.3. The van der Waals surface area contributed by atoms with Crippen LogP contribution < -0.4 is 10.6 Å². The molecule has 1 aromatic carbocycles. The maximum absolute atomic E-state index is 12.3. The number of carbonyl (C=O) groups excluding carboxylic acids is 1. The first-order valence-corrected chi connectivity index (χ1v) is 8.00. The van der Waals surface area contributed by atoms with E-state index < -0.39 is 6.04 Å². The number of amides is 1. The summed E-state index contributed by atoms with van der Waals surface area (Å²) in [7, 11) is 0. The summed E-state index contributed by atoms with van der Waals surface area (Å²) in [6, 6.07) is 14.5. The molecular formula is C19H19N5O. The summed E-state index contributed by atoms with van der Waals surface area (Å²) in [5.74, 6) is 1.04. The minimum absolute atomic E-state index is 0.134. The summed E-state index contributed by atoms with van der Waals surface area (Å²) in [6.07, 6.45) is 3.42. The van der Waals surface area contributed by atoms with Crippen LogP contribution in [-0.2, 0) is 4.79 Å². The predicted octanol–water partition coefficient (Wildman–Crippen LogP) is 3.29. The van der Waals surface area contributed by atoms with E-state index in [2.05, 4.69) is 25.6 Å². The maximum Gasteiger partial charge on any atom is 0.246 e. The minimum Gasteiger partial charge on any atom is -0.358 e. The van der Waals surface area contributed by atoms with E-state index >= 15 is 0 Å². The Hall–Kier alpha value is -3.28. The lowest BCUT2D eigenvalue weighted by molar-refractivity contribution is -0.116. The second-order valence-corrected chi connectivity index (χ2v) is 5.68. The minimum atomic E-state index is -0.448. The van der Waals surface area contributed by atoms with Gasteiger partial charge in [-0.05, 0) is 38.1 Å². The third-order valence-corrected chi connectivity index (χ3v) is 3.57. The fraction of sp³-hybridized carbons (Fsp3) is 0.158. The fourth-order valence-corrected chi connectivity index (χ4v) is 2.33. The Morgan fingerprint density at radius 2 is 1.88 bits per heavy atom. The van der Waals surface area contributed by atoms with Crippen molar-refractivity contribution in [3.63, 3.8) is 0 Å². The summed E-state index contributed by atoms with van der Waals surface area (Å²) in [6.45, 7) is 3.68. The second-order valence-electron chi connectivity index (χ2n) is 5.68. The van der Waals surface area contributed by atoms with E-state index in [0.717, 1.165) is 16.9 Å². The molecule has 0 aliphatic carbocycles. The molecule has 1 amide bonds. The molecule has 0 aliphatic rings.